The van der Waals surface area contributed by atoms with Crippen molar-refractivity contribution >= 4 is 17.2 Å². The van der Waals surface area contributed by atoms with Crippen molar-refractivity contribution in [1.29, 1.82) is 0 Å². The van der Waals surface area contributed by atoms with E-state index in [2.05, 4.69) is 27.1 Å². The van der Waals surface area contributed by atoms with Crippen LogP contribution in [0.25, 0.3) is 17.0 Å². The molecule has 0 fully saturated rings. The highest BCUT2D eigenvalue weighted by Crippen LogP contribution is 2.22. The summed E-state index contributed by atoms with van der Waals surface area (Å²) in [6.07, 6.45) is 8.36. The number of hydrogen-bond donors (Lipinski definition) is 0. The van der Waals surface area contributed by atoms with Gasteiger partial charge in [-0.25, -0.2) is 4.98 Å². The first kappa shape index (κ1) is 13.0. The van der Waals surface area contributed by atoms with Gasteiger partial charge in [-0.2, -0.15) is 9.97 Å². The van der Waals surface area contributed by atoms with Crippen LogP contribution < -0.4 is 0 Å². The molecule has 20 heavy (non-hydrogen) atoms. The number of aryl methyl sites for hydroxylation is 1. The minimum Gasteiger partial charge on any atom is -0.208 e. The van der Waals surface area contributed by atoms with Crippen LogP contribution in [0.15, 0.2) is 42.5 Å². The lowest BCUT2D eigenvalue weighted by atomic mass is 10.1. The first-order chi connectivity index (χ1) is 9.72. The van der Waals surface area contributed by atoms with E-state index < -0.39 is 0 Å². The minimum absolute atomic E-state index is 0.227. The van der Waals surface area contributed by atoms with Crippen LogP contribution in [0.5, 0.6) is 0 Å². The molecule has 1 aromatic carbocycles. The average molecular weight is 284 g/mol. The highest BCUT2D eigenvalue weighted by atomic mass is 35.5. The number of hydrogen-bond acceptors (Lipinski definition) is 3. The van der Waals surface area contributed by atoms with E-state index in [0.29, 0.717) is 11.6 Å². The molecule has 1 aliphatic carbocycles. The van der Waals surface area contributed by atoms with Gasteiger partial charge in [-0.05, 0) is 31.4 Å². The van der Waals surface area contributed by atoms with Gasteiger partial charge in [0.1, 0.15) is 0 Å². The molecule has 0 atom stereocenters. The molecule has 0 radical (unpaired) electrons. The van der Waals surface area contributed by atoms with Crippen LogP contribution in [0.4, 0.5) is 0 Å². The lowest BCUT2D eigenvalue weighted by Crippen LogP contribution is -2.00. The zero-order valence-electron chi connectivity index (χ0n) is 11.2. The van der Waals surface area contributed by atoms with Crippen LogP contribution in [-0.2, 0) is 0 Å². The summed E-state index contributed by atoms with van der Waals surface area (Å²) in [6, 6.07) is 8.06. The van der Waals surface area contributed by atoms with Gasteiger partial charge in [0.15, 0.2) is 11.6 Å². The van der Waals surface area contributed by atoms with Crippen LogP contribution in [0.1, 0.15) is 24.2 Å². The maximum atomic E-state index is 6.04. The average Bonchev–Trinajstić information content (AvgIpc) is 2.48. The van der Waals surface area contributed by atoms with Crippen molar-refractivity contribution in [2.75, 3.05) is 0 Å². The van der Waals surface area contributed by atoms with E-state index in [0.717, 1.165) is 24.0 Å². The molecule has 3 nitrogen and oxygen atoms in total. The van der Waals surface area contributed by atoms with Crippen molar-refractivity contribution in [3.05, 3.63) is 59.2 Å². The van der Waals surface area contributed by atoms with Crippen LogP contribution in [-0.4, -0.2) is 15.0 Å². The third-order valence-electron chi connectivity index (χ3n) is 3.17. The molecule has 3 rings (SSSR count). The van der Waals surface area contributed by atoms with Crippen LogP contribution in [0, 0.1) is 6.92 Å². The van der Waals surface area contributed by atoms with Crippen molar-refractivity contribution in [3.63, 3.8) is 0 Å². The molecule has 1 heterocycles. The second-order valence-electron chi connectivity index (χ2n) is 4.76. The Morgan fingerprint density at radius 3 is 2.40 bits per heavy atom. The molecule has 2 aromatic rings. The fourth-order valence-electron chi connectivity index (χ4n) is 2.09. The summed E-state index contributed by atoms with van der Waals surface area (Å²) in [5, 5.41) is 0.227. The molecular formula is C16H14ClN3. The van der Waals surface area contributed by atoms with Gasteiger partial charge in [0.2, 0.25) is 5.28 Å². The third kappa shape index (κ3) is 2.78. The molecule has 100 valence electrons. The van der Waals surface area contributed by atoms with Crippen molar-refractivity contribution < 1.29 is 0 Å². The number of aromatic nitrogens is 3. The quantitative estimate of drug-likeness (QED) is 0.828. The Hall–Kier alpha value is -2.00. The zero-order valence-corrected chi connectivity index (χ0v) is 11.9. The van der Waals surface area contributed by atoms with Gasteiger partial charge in [-0.15, -0.1) is 0 Å². The fraction of sp³-hybridized carbons (Fsp3) is 0.188. The Balaban J connectivity index is 2.04. The molecule has 0 bridgehead atoms. The van der Waals surface area contributed by atoms with Gasteiger partial charge >= 0.3 is 0 Å². The normalized spacial score (nSPS) is 14.2. The Morgan fingerprint density at radius 2 is 1.70 bits per heavy atom. The van der Waals surface area contributed by atoms with Crippen LogP contribution >= 0.6 is 11.6 Å². The van der Waals surface area contributed by atoms with Gasteiger partial charge in [0, 0.05) is 11.1 Å². The molecule has 0 N–H and O–H groups in total. The highest BCUT2D eigenvalue weighted by Gasteiger charge is 2.10. The number of benzene rings is 1. The number of halogens is 1. The summed E-state index contributed by atoms with van der Waals surface area (Å²) in [6.45, 7) is 2.05. The fourth-order valence-corrected chi connectivity index (χ4v) is 2.25. The minimum atomic E-state index is 0.227. The lowest BCUT2D eigenvalue weighted by molar-refractivity contribution is 1.00. The molecule has 4 heteroatoms. The van der Waals surface area contributed by atoms with E-state index in [1.807, 2.05) is 37.3 Å². The van der Waals surface area contributed by atoms with Crippen molar-refractivity contribution in [2.24, 2.45) is 0 Å². The van der Waals surface area contributed by atoms with Gasteiger partial charge in [-0.1, -0.05) is 48.1 Å². The Morgan fingerprint density at radius 1 is 0.950 bits per heavy atom. The molecule has 1 aromatic heterocycles. The molecule has 0 aliphatic heterocycles. The molecular weight excluding hydrogens is 270 g/mol. The predicted octanol–water partition coefficient (Wildman–Crippen LogP) is 4.23. The van der Waals surface area contributed by atoms with Crippen molar-refractivity contribution in [3.8, 4) is 11.4 Å². The first-order valence-electron chi connectivity index (χ1n) is 6.58. The number of allylic oxidation sites excluding steroid dienone is 4. The van der Waals surface area contributed by atoms with E-state index in [-0.39, 0.29) is 5.28 Å². The van der Waals surface area contributed by atoms with E-state index in [4.69, 9.17) is 11.6 Å². The number of rotatable bonds is 2. The summed E-state index contributed by atoms with van der Waals surface area (Å²) < 4.78 is 0. The summed E-state index contributed by atoms with van der Waals surface area (Å²) in [7, 11) is 0. The molecule has 0 unspecified atom stereocenters. The summed E-state index contributed by atoms with van der Waals surface area (Å²) in [5.74, 6) is 1.25. The topological polar surface area (TPSA) is 38.7 Å². The summed E-state index contributed by atoms with van der Waals surface area (Å²) >= 11 is 6.04. The second kappa shape index (κ2) is 5.55. The Bertz CT molecular complexity index is 687. The van der Waals surface area contributed by atoms with Crippen molar-refractivity contribution in [2.45, 2.75) is 19.8 Å². The van der Waals surface area contributed by atoms with E-state index in [1.54, 1.807) is 0 Å². The van der Waals surface area contributed by atoms with Gasteiger partial charge in [-0.3, -0.25) is 0 Å². The molecule has 0 saturated carbocycles. The largest absolute Gasteiger partial charge is 0.226 e. The Labute approximate surface area is 123 Å². The SMILES string of the molecule is Cc1ccc(-c2nc(Cl)nc(C3=CCCC=C3)n2)cc1. The van der Waals surface area contributed by atoms with Gasteiger partial charge in [0.25, 0.3) is 0 Å². The third-order valence-corrected chi connectivity index (χ3v) is 3.34. The Kier molecular flexibility index (Phi) is 3.61. The summed E-state index contributed by atoms with van der Waals surface area (Å²) in [4.78, 5) is 13.0. The molecule has 0 spiro atoms. The van der Waals surface area contributed by atoms with Crippen LogP contribution in [0.2, 0.25) is 5.28 Å². The molecule has 0 saturated heterocycles. The van der Waals surface area contributed by atoms with E-state index >= 15 is 0 Å². The van der Waals surface area contributed by atoms with Gasteiger partial charge < -0.3 is 0 Å². The van der Waals surface area contributed by atoms with Gasteiger partial charge in [0.05, 0.1) is 0 Å². The second-order valence-corrected chi connectivity index (χ2v) is 5.09. The molecule has 1 aliphatic rings. The first-order valence-corrected chi connectivity index (χ1v) is 6.96. The monoisotopic (exact) mass is 283 g/mol. The maximum absolute atomic E-state index is 6.04. The predicted molar refractivity (Wildman–Crippen MR) is 81.4 cm³/mol. The smallest absolute Gasteiger partial charge is 0.208 e. The maximum Gasteiger partial charge on any atom is 0.226 e. The van der Waals surface area contributed by atoms with Crippen LogP contribution in [0.3, 0.4) is 0 Å². The van der Waals surface area contributed by atoms with E-state index in [1.165, 1.54) is 5.56 Å². The zero-order chi connectivity index (χ0) is 13.9. The number of nitrogens with zero attached hydrogens (tertiary/aromatic N) is 3. The van der Waals surface area contributed by atoms with E-state index in [9.17, 15) is 0 Å². The standard InChI is InChI=1S/C16H14ClN3/c1-11-7-9-13(10-8-11)15-18-14(19-16(17)20-15)12-5-3-2-4-6-12/h3,5-10H,2,4H2,1H3. The van der Waals surface area contributed by atoms with Crippen molar-refractivity contribution in [1.82, 2.24) is 15.0 Å². The summed E-state index contributed by atoms with van der Waals surface area (Å²) in [5.41, 5.74) is 3.16. The lowest BCUT2D eigenvalue weighted by Gasteiger charge is -2.08. The highest BCUT2D eigenvalue weighted by molar-refractivity contribution is 6.28. The molecule has 0 amide bonds.